The number of aromatic nitrogens is 2. The highest BCUT2D eigenvalue weighted by Gasteiger charge is 2.15. The number of anilines is 1. The number of methoxy groups -OCH3 is 1. The average Bonchev–Trinajstić information content (AvgIpc) is 2.34. The molecular formula is C10H16N4O2S. The molecule has 0 amide bonds. The highest BCUT2D eigenvalue weighted by atomic mass is 32.2. The van der Waals surface area contributed by atoms with Crippen molar-refractivity contribution < 1.29 is 9.53 Å². The molecule has 0 unspecified atom stereocenters. The molecule has 0 aliphatic heterocycles. The molecule has 0 aromatic carbocycles. The molecule has 0 saturated heterocycles. The Bertz CT molecular complexity index is 398. The first-order valence-corrected chi connectivity index (χ1v) is 6.09. The quantitative estimate of drug-likeness (QED) is 0.268. The second-order valence-electron chi connectivity index (χ2n) is 3.60. The van der Waals surface area contributed by atoms with E-state index in [0.29, 0.717) is 5.82 Å². The number of nitrogens with zero attached hydrogens (tertiary/aromatic N) is 2. The van der Waals surface area contributed by atoms with Crippen molar-refractivity contribution in [2.45, 2.75) is 24.8 Å². The van der Waals surface area contributed by atoms with Crippen molar-refractivity contribution in [3.05, 3.63) is 11.9 Å². The van der Waals surface area contributed by atoms with Crippen LogP contribution in [-0.2, 0) is 9.53 Å². The molecule has 1 heterocycles. The van der Waals surface area contributed by atoms with E-state index in [4.69, 9.17) is 5.84 Å². The maximum absolute atomic E-state index is 11.1. The van der Waals surface area contributed by atoms with Crippen LogP contribution in [0.2, 0.25) is 0 Å². The molecule has 7 heteroatoms. The summed E-state index contributed by atoms with van der Waals surface area (Å²) in [7, 11) is 1.36. The molecule has 6 nitrogen and oxygen atoms in total. The number of nitrogen functional groups attached to an aromatic ring is 1. The number of ether oxygens (including phenoxy) is 1. The van der Waals surface area contributed by atoms with Crippen LogP contribution in [0, 0.1) is 0 Å². The molecule has 17 heavy (non-hydrogen) atoms. The van der Waals surface area contributed by atoms with E-state index in [2.05, 4.69) is 20.1 Å². The molecular weight excluding hydrogens is 240 g/mol. The normalized spacial score (nSPS) is 10.4. The number of hydrogen-bond donors (Lipinski definition) is 2. The largest absolute Gasteiger partial charge is 0.468 e. The number of hydrazine groups is 1. The van der Waals surface area contributed by atoms with Crippen LogP contribution in [0.25, 0.3) is 0 Å². The first kappa shape index (κ1) is 13.7. The van der Waals surface area contributed by atoms with E-state index in [1.165, 1.54) is 25.2 Å². The monoisotopic (exact) mass is 256 g/mol. The number of hydrogen-bond acceptors (Lipinski definition) is 7. The lowest BCUT2D eigenvalue weighted by atomic mass is 10.1. The van der Waals surface area contributed by atoms with Crippen LogP contribution in [0.1, 0.15) is 25.3 Å². The highest BCUT2D eigenvalue weighted by molar-refractivity contribution is 7.99. The SMILES string of the molecule is COC(=O)CSc1ncnc(NN)c1C(C)C. The minimum absolute atomic E-state index is 0.211. The number of esters is 1. The molecule has 0 spiro atoms. The lowest BCUT2D eigenvalue weighted by Gasteiger charge is -2.14. The minimum atomic E-state index is -0.287. The van der Waals surface area contributed by atoms with Crippen LogP contribution in [0.3, 0.4) is 0 Å². The third-order valence-corrected chi connectivity index (χ3v) is 3.09. The van der Waals surface area contributed by atoms with Crippen molar-refractivity contribution in [2.24, 2.45) is 5.84 Å². The molecule has 0 fully saturated rings. The van der Waals surface area contributed by atoms with E-state index in [9.17, 15) is 4.79 Å². The summed E-state index contributed by atoms with van der Waals surface area (Å²) in [5, 5.41) is 0.744. The first-order chi connectivity index (χ1) is 8.10. The summed E-state index contributed by atoms with van der Waals surface area (Å²) in [5.74, 6) is 6.13. The Labute approximate surface area is 104 Å². The zero-order chi connectivity index (χ0) is 12.8. The molecule has 3 N–H and O–H groups in total. The third-order valence-electron chi connectivity index (χ3n) is 2.12. The smallest absolute Gasteiger partial charge is 0.316 e. The fraction of sp³-hybridized carbons (Fsp3) is 0.500. The molecule has 0 radical (unpaired) electrons. The molecule has 0 aliphatic carbocycles. The zero-order valence-corrected chi connectivity index (χ0v) is 10.9. The summed E-state index contributed by atoms with van der Waals surface area (Å²) in [6.07, 6.45) is 1.42. The van der Waals surface area contributed by atoms with E-state index in [1.807, 2.05) is 13.8 Å². The Hall–Kier alpha value is -1.34. The summed E-state index contributed by atoms with van der Waals surface area (Å²) < 4.78 is 4.59. The van der Waals surface area contributed by atoms with Gasteiger partial charge in [0.15, 0.2) is 0 Å². The van der Waals surface area contributed by atoms with Gasteiger partial charge in [-0.2, -0.15) is 0 Å². The standard InChI is InChI=1S/C10H16N4O2S/c1-6(2)8-9(14-11)12-5-13-10(8)17-4-7(15)16-3/h5-6H,4,11H2,1-3H3,(H,12,13,14). The van der Waals surface area contributed by atoms with Gasteiger partial charge in [-0.15, -0.1) is 0 Å². The topological polar surface area (TPSA) is 90.1 Å². The van der Waals surface area contributed by atoms with Crippen LogP contribution in [-0.4, -0.2) is 28.8 Å². The van der Waals surface area contributed by atoms with Gasteiger partial charge in [-0.1, -0.05) is 25.6 Å². The number of thioether (sulfide) groups is 1. The van der Waals surface area contributed by atoms with Crippen molar-refractivity contribution in [1.29, 1.82) is 0 Å². The van der Waals surface area contributed by atoms with Gasteiger partial charge < -0.3 is 10.2 Å². The van der Waals surface area contributed by atoms with Gasteiger partial charge in [-0.3, -0.25) is 4.79 Å². The van der Waals surface area contributed by atoms with Crippen LogP contribution >= 0.6 is 11.8 Å². The van der Waals surface area contributed by atoms with Gasteiger partial charge in [0.05, 0.1) is 12.9 Å². The summed E-state index contributed by atoms with van der Waals surface area (Å²) in [4.78, 5) is 19.3. The van der Waals surface area contributed by atoms with Crippen LogP contribution in [0.4, 0.5) is 5.82 Å². The van der Waals surface area contributed by atoms with Crippen LogP contribution < -0.4 is 11.3 Å². The highest BCUT2D eigenvalue weighted by Crippen LogP contribution is 2.30. The van der Waals surface area contributed by atoms with Gasteiger partial charge in [0, 0.05) is 5.56 Å². The molecule has 94 valence electrons. The Kier molecular flexibility index (Phi) is 5.17. The Morgan fingerprint density at radius 3 is 2.82 bits per heavy atom. The average molecular weight is 256 g/mol. The number of nitrogens with two attached hydrogens (primary N) is 1. The van der Waals surface area contributed by atoms with Crippen molar-refractivity contribution in [1.82, 2.24) is 9.97 Å². The van der Waals surface area contributed by atoms with Crippen molar-refractivity contribution in [3.63, 3.8) is 0 Å². The van der Waals surface area contributed by atoms with E-state index >= 15 is 0 Å². The van der Waals surface area contributed by atoms with Gasteiger partial charge in [0.25, 0.3) is 0 Å². The molecule has 0 atom stereocenters. The van der Waals surface area contributed by atoms with Crippen LogP contribution in [0.15, 0.2) is 11.4 Å². The number of rotatable bonds is 5. The van der Waals surface area contributed by atoms with E-state index in [-0.39, 0.29) is 17.6 Å². The Morgan fingerprint density at radius 2 is 2.29 bits per heavy atom. The Morgan fingerprint density at radius 1 is 1.59 bits per heavy atom. The van der Waals surface area contributed by atoms with Gasteiger partial charge in [0.1, 0.15) is 17.2 Å². The maximum atomic E-state index is 11.1. The molecule has 0 bridgehead atoms. The fourth-order valence-electron chi connectivity index (χ4n) is 1.32. The summed E-state index contributed by atoms with van der Waals surface area (Å²) in [5.41, 5.74) is 3.44. The number of nitrogens with one attached hydrogen (secondary N) is 1. The first-order valence-electron chi connectivity index (χ1n) is 5.11. The fourth-order valence-corrected chi connectivity index (χ4v) is 2.30. The van der Waals surface area contributed by atoms with Gasteiger partial charge in [-0.05, 0) is 5.92 Å². The number of carbonyl (C=O) groups excluding carboxylic acids is 1. The van der Waals surface area contributed by atoms with Crippen LogP contribution in [0.5, 0.6) is 0 Å². The van der Waals surface area contributed by atoms with E-state index < -0.39 is 0 Å². The molecule has 1 aromatic heterocycles. The van der Waals surface area contributed by atoms with Crippen molar-refractivity contribution >= 4 is 23.5 Å². The summed E-state index contributed by atoms with van der Waals surface area (Å²) >= 11 is 1.32. The predicted octanol–water partition coefficient (Wildman–Crippen LogP) is 1.15. The van der Waals surface area contributed by atoms with Gasteiger partial charge >= 0.3 is 5.97 Å². The van der Waals surface area contributed by atoms with Gasteiger partial charge in [0.2, 0.25) is 0 Å². The second kappa shape index (κ2) is 6.41. The van der Waals surface area contributed by atoms with Crippen molar-refractivity contribution in [2.75, 3.05) is 18.3 Å². The lowest BCUT2D eigenvalue weighted by Crippen LogP contribution is -2.13. The molecule has 0 saturated carbocycles. The number of carbonyl (C=O) groups is 1. The lowest BCUT2D eigenvalue weighted by molar-refractivity contribution is -0.137. The van der Waals surface area contributed by atoms with Crippen molar-refractivity contribution in [3.8, 4) is 0 Å². The summed E-state index contributed by atoms with van der Waals surface area (Å²) in [6.45, 7) is 4.03. The molecule has 1 aromatic rings. The summed E-state index contributed by atoms with van der Waals surface area (Å²) in [6, 6.07) is 0. The Balaban J connectivity index is 2.94. The molecule has 1 rings (SSSR count). The third kappa shape index (κ3) is 3.57. The maximum Gasteiger partial charge on any atom is 0.316 e. The van der Waals surface area contributed by atoms with Gasteiger partial charge in [-0.25, -0.2) is 15.8 Å². The second-order valence-corrected chi connectivity index (χ2v) is 4.57. The molecule has 0 aliphatic rings. The minimum Gasteiger partial charge on any atom is -0.468 e. The van der Waals surface area contributed by atoms with E-state index in [1.54, 1.807) is 0 Å². The van der Waals surface area contributed by atoms with E-state index in [0.717, 1.165) is 10.6 Å². The predicted molar refractivity (Wildman–Crippen MR) is 66.7 cm³/mol. The zero-order valence-electron chi connectivity index (χ0n) is 10.1.